The lowest BCUT2D eigenvalue weighted by Gasteiger charge is -2.16. The predicted molar refractivity (Wildman–Crippen MR) is 79.8 cm³/mol. The molecule has 1 aromatic carbocycles. The van der Waals surface area contributed by atoms with Crippen molar-refractivity contribution in [1.82, 2.24) is 0 Å². The van der Waals surface area contributed by atoms with Gasteiger partial charge in [0, 0.05) is 6.04 Å². The molecule has 2 heteroatoms. The Hall–Kier alpha value is -0.860. The first-order chi connectivity index (χ1) is 8.16. The molecule has 0 spiro atoms. The topological polar surface area (TPSA) is 57.5 Å². The molecule has 2 nitrogen and oxygen atoms in total. The second-order valence-corrected chi connectivity index (χ2v) is 5.10. The number of aryl methyl sites for hydroxylation is 1. The monoisotopic (exact) mass is 251 g/mol. The van der Waals surface area contributed by atoms with Crippen LogP contribution >= 0.6 is 0 Å². The van der Waals surface area contributed by atoms with Crippen molar-refractivity contribution in [2.45, 2.75) is 65.3 Å². The molecule has 0 saturated heterocycles. The molecule has 0 bridgehead atoms. The van der Waals surface area contributed by atoms with Crippen molar-refractivity contribution >= 4 is 0 Å². The molecule has 0 saturated carbocycles. The number of nitrogens with two attached hydrogens (primary N) is 1. The molecule has 4 N–H and O–H groups in total. The zero-order valence-electron chi connectivity index (χ0n) is 12.1. The van der Waals surface area contributed by atoms with E-state index in [1.807, 2.05) is 0 Å². The smallest absolute Gasteiger partial charge is 0.0297 e. The van der Waals surface area contributed by atoms with E-state index >= 15 is 0 Å². The lowest BCUT2D eigenvalue weighted by molar-refractivity contribution is 0.554. The summed E-state index contributed by atoms with van der Waals surface area (Å²) < 4.78 is 0. The van der Waals surface area contributed by atoms with E-state index in [2.05, 4.69) is 39.0 Å². The Labute approximate surface area is 112 Å². The number of benzene rings is 1. The number of unbranched alkanes of at least 4 members (excludes halogenated alkanes) is 4. The van der Waals surface area contributed by atoms with Crippen molar-refractivity contribution in [3.05, 3.63) is 34.9 Å². The van der Waals surface area contributed by atoms with Gasteiger partial charge in [-0.05, 0) is 37.0 Å². The van der Waals surface area contributed by atoms with Crippen molar-refractivity contribution in [3.63, 3.8) is 0 Å². The predicted octanol–water partition coefficient (Wildman–Crippen LogP) is 3.84. The molecule has 0 radical (unpaired) electrons. The average molecular weight is 251 g/mol. The Morgan fingerprint density at radius 2 is 1.72 bits per heavy atom. The van der Waals surface area contributed by atoms with Crippen LogP contribution in [0.25, 0.3) is 0 Å². The number of hydrogen-bond acceptors (Lipinski definition) is 1. The van der Waals surface area contributed by atoms with Gasteiger partial charge >= 0.3 is 0 Å². The van der Waals surface area contributed by atoms with E-state index in [0.717, 1.165) is 6.42 Å². The number of rotatable bonds is 7. The average Bonchev–Trinajstić information content (AvgIpc) is 2.32. The van der Waals surface area contributed by atoms with Gasteiger partial charge in [-0.15, -0.1) is 0 Å². The van der Waals surface area contributed by atoms with Crippen molar-refractivity contribution in [2.75, 3.05) is 0 Å². The van der Waals surface area contributed by atoms with E-state index in [1.165, 1.54) is 48.8 Å². The Morgan fingerprint density at radius 3 is 2.39 bits per heavy atom. The Balaban J connectivity index is 0.00000289. The summed E-state index contributed by atoms with van der Waals surface area (Å²) in [5.41, 5.74) is 10.3. The molecule has 0 fully saturated rings. The van der Waals surface area contributed by atoms with Crippen LogP contribution in [0.2, 0.25) is 0 Å². The van der Waals surface area contributed by atoms with E-state index in [9.17, 15) is 0 Å². The molecular weight excluding hydrogens is 222 g/mol. The lowest BCUT2D eigenvalue weighted by Crippen LogP contribution is -2.12. The van der Waals surface area contributed by atoms with Crippen LogP contribution in [0.15, 0.2) is 18.2 Å². The molecule has 0 aromatic heterocycles. The van der Waals surface area contributed by atoms with Gasteiger partial charge in [0.05, 0.1) is 0 Å². The van der Waals surface area contributed by atoms with Crippen LogP contribution in [-0.4, -0.2) is 5.48 Å². The third-order valence-electron chi connectivity index (χ3n) is 3.66. The fraction of sp³-hybridized carbons (Fsp3) is 0.625. The molecule has 0 aliphatic rings. The van der Waals surface area contributed by atoms with Crippen molar-refractivity contribution in [3.8, 4) is 0 Å². The molecule has 1 atom stereocenters. The fourth-order valence-electron chi connectivity index (χ4n) is 2.30. The molecular formula is C16H29NO. The SMILES string of the molecule is CCCCCCCC(N)c1cccc(C)c1C.O. The molecule has 0 aliphatic carbocycles. The van der Waals surface area contributed by atoms with E-state index < -0.39 is 0 Å². The van der Waals surface area contributed by atoms with Gasteiger partial charge in [0.25, 0.3) is 0 Å². The molecule has 1 aromatic rings. The summed E-state index contributed by atoms with van der Waals surface area (Å²) in [4.78, 5) is 0. The minimum atomic E-state index is 0. The lowest BCUT2D eigenvalue weighted by atomic mass is 9.94. The van der Waals surface area contributed by atoms with Gasteiger partial charge in [-0.25, -0.2) is 0 Å². The van der Waals surface area contributed by atoms with Crippen LogP contribution in [-0.2, 0) is 0 Å². The summed E-state index contributed by atoms with van der Waals surface area (Å²) in [7, 11) is 0. The van der Waals surface area contributed by atoms with Gasteiger partial charge in [-0.3, -0.25) is 0 Å². The summed E-state index contributed by atoms with van der Waals surface area (Å²) >= 11 is 0. The number of hydrogen-bond donors (Lipinski definition) is 1. The second kappa shape index (κ2) is 9.12. The van der Waals surface area contributed by atoms with E-state index in [1.54, 1.807) is 0 Å². The highest BCUT2D eigenvalue weighted by Gasteiger charge is 2.09. The first-order valence-electron chi connectivity index (χ1n) is 6.98. The van der Waals surface area contributed by atoms with E-state index in [4.69, 9.17) is 5.73 Å². The fourth-order valence-corrected chi connectivity index (χ4v) is 2.30. The van der Waals surface area contributed by atoms with Crippen molar-refractivity contribution in [2.24, 2.45) is 5.73 Å². The van der Waals surface area contributed by atoms with Crippen molar-refractivity contribution < 1.29 is 5.48 Å². The largest absolute Gasteiger partial charge is 0.412 e. The minimum Gasteiger partial charge on any atom is -0.412 e. The molecule has 18 heavy (non-hydrogen) atoms. The van der Waals surface area contributed by atoms with Crippen LogP contribution in [0.1, 0.15) is 68.2 Å². The van der Waals surface area contributed by atoms with Crippen LogP contribution < -0.4 is 5.73 Å². The third-order valence-corrected chi connectivity index (χ3v) is 3.66. The maximum atomic E-state index is 6.28. The molecule has 0 aliphatic heterocycles. The zero-order chi connectivity index (χ0) is 12.7. The van der Waals surface area contributed by atoms with Crippen LogP contribution in [0.3, 0.4) is 0 Å². The van der Waals surface area contributed by atoms with Gasteiger partial charge < -0.3 is 11.2 Å². The second-order valence-electron chi connectivity index (χ2n) is 5.10. The van der Waals surface area contributed by atoms with Gasteiger partial charge in [-0.2, -0.15) is 0 Å². The van der Waals surface area contributed by atoms with Crippen LogP contribution in [0.4, 0.5) is 0 Å². The highest BCUT2D eigenvalue weighted by molar-refractivity contribution is 5.35. The standard InChI is InChI=1S/C16H27N.H2O/c1-4-5-6-7-8-12-16(17)15-11-9-10-13(2)14(15)3;/h9-11,16H,4-8,12,17H2,1-3H3;1H2. The third kappa shape index (κ3) is 5.19. The highest BCUT2D eigenvalue weighted by atomic mass is 16.0. The first kappa shape index (κ1) is 17.1. The summed E-state index contributed by atoms with van der Waals surface area (Å²) in [5, 5.41) is 0. The van der Waals surface area contributed by atoms with Crippen LogP contribution in [0.5, 0.6) is 0 Å². The zero-order valence-corrected chi connectivity index (χ0v) is 12.1. The van der Waals surface area contributed by atoms with Crippen LogP contribution in [0, 0.1) is 13.8 Å². The van der Waals surface area contributed by atoms with Gasteiger partial charge in [0.1, 0.15) is 0 Å². The Bertz CT molecular complexity index is 336. The summed E-state index contributed by atoms with van der Waals surface area (Å²) in [5.74, 6) is 0. The summed E-state index contributed by atoms with van der Waals surface area (Å²) in [6.07, 6.45) is 7.73. The summed E-state index contributed by atoms with van der Waals surface area (Å²) in [6, 6.07) is 6.68. The highest BCUT2D eigenvalue weighted by Crippen LogP contribution is 2.23. The first-order valence-corrected chi connectivity index (χ1v) is 6.98. The van der Waals surface area contributed by atoms with Gasteiger partial charge in [-0.1, -0.05) is 57.2 Å². The van der Waals surface area contributed by atoms with Crippen molar-refractivity contribution in [1.29, 1.82) is 0 Å². The Kier molecular flexibility index (Phi) is 8.69. The molecule has 104 valence electrons. The van der Waals surface area contributed by atoms with Gasteiger partial charge in [0.2, 0.25) is 0 Å². The van der Waals surface area contributed by atoms with E-state index in [-0.39, 0.29) is 11.5 Å². The molecule has 0 amide bonds. The molecule has 1 unspecified atom stereocenters. The quantitative estimate of drug-likeness (QED) is 0.735. The maximum Gasteiger partial charge on any atom is 0.0297 e. The summed E-state index contributed by atoms with van der Waals surface area (Å²) in [6.45, 7) is 6.59. The Morgan fingerprint density at radius 1 is 1.06 bits per heavy atom. The molecule has 1 rings (SSSR count). The van der Waals surface area contributed by atoms with Gasteiger partial charge in [0.15, 0.2) is 0 Å². The molecule has 0 heterocycles. The van der Waals surface area contributed by atoms with E-state index in [0.29, 0.717) is 0 Å². The maximum absolute atomic E-state index is 6.28. The minimum absolute atomic E-state index is 0. The normalized spacial score (nSPS) is 12.0.